The van der Waals surface area contributed by atoms with Gasteiger partial charge in [-0.3, -0.25) is 24.2 Å². The fourth-order valence-corrected chi connectivity index (χ4v) is 9.36. The van der Waals surface area contributed by atoms with Crippen LogP contribution < -0.4 is 0 Å². The van der Waals surface area contributed by atoms with E-state index in [0.29, 0.717) is 65.3 Å². The number of ether oxygens (including phenoxy) is 1. The summed E-state index contributed by atoms with van der Waals surface area (Å²) in [6, 6.07) is 0. The summed E-state index contributed by atoms with van der Waals surface area (Å²) < 4.78 is 5.38. The van der Waals surface area contributed by atoms with E-state index in [2.05, 4.69) is 49.3 Å². The van der Waals surface area contributed by atoms with Crippen molar-refractivity contribution in [3.63, 3.8) is 0 Å². The molecule has 0 atom stereocenters. The summed E-state index contributed by atoms with van der Waals surface area (Å²) in [5.41, 5.74) is 0. The van der Waals surface area contributed by atoms with E-state index in [-0.39, 0.29) is 17.8 Å². The molecular weight excluding hydrogens is 819 g/mol. The van der Waals surface area contributed by atoms with Gasteiger partial charge in [0, 0.05) is 45.7 Å². The average Bonchev–Trinajstić information content (AvgIpc) is 3.32. The van der Waals surface area contributed by atoms with Crippen molar-refractivity contribution in [2.45, 2.75) is 247 Å². The zero-order valence-electron chi connectivity index (χ0n) is 44.8. The van der Waals surface area contributed by atoms with E-state index in [4.69, 9.17) is 4.74 Å². The molecule has 0 aromatic heterocycles. The van der Waals surface area contributed by atoms with Crippen molar-refractivity contribution in [1.29, 1.82) is 0 Å². The van der Waals surface area contributed by atoms with Gasteiger partial charge in [0.1, 0.15) is 6.61 Å². The van der Waals surface area contributed by atoms with Crippen LogP contribution in [0.5, 0.6) is 0 Å². The lowest BCUT2D eigenvalue weighted by Gasteiger charge is -2.37. The molecule has 0 spiro atoms. The first-order valence-corrected chi connectivity index (χ1v) is 28.9. The maximum atomic E-state index is 14.0. The normalized spacial score (nSPS) is 13.3. The minimum Gasteiger partial charge on any atom is -0.461 e. The molecule has 2 amide bonds. The molecule has 0 aliphatic carbocycles. The second-order valence-electron chi connectivity index (χ2n) is 20.0. The molecule has 0 radical (unpaired) electrons. The van der Waals surface area contributed by atoms with Gasteiger partial charge in [0.25, 0.3) is 0 Å². The number of piperazine rings is 1. The molecule has 66 heavy (non-hydrogen) atoms. The van der Waals surface area contributed by atoms with Crippen LogP contribution in [0.15, 0.2) is 12.2 Å². The first-order valence-electron chi connectivity index (χ1n) is 28.9. The van der Waals surface area contributed by atoms with Crippen LogP contribution in [-0.2, 0) is 19.1 Å². The van der Waals surface area contributed by atoms with E-state index in [1.54, 1.807) is 0 Å². The maximum absolute atomic E-state index is 14.0. The Labute approximate surface area is 410 Å². The molecule has 0 N–H and O–H groups in total. The summed E-state index contributed by atoms with van der Waals surface area (Å²) >= 11 is 0. The third-order valence-corrected chi connectivity index (χ3v) is 13.8. The summed E-state index contributed by atoms with van der Waals surface area (Å²) in [4.78, 5) is 51.6. The number of amides is 2. The van der Waals surface area contributed by atoms with Gasteiger partial charge in [0.15, 0.2) is 0 Å². The topological polar surface area (TPSA) is 76.6 Å². The quantitative estimate of drug-likeness (QED) is 0.0342. The highest BCUT2D eigenvalue weighted by Gasteiger charge is 2.26. The van der Waals surface area contributed by atoms with E-state index in [1.807, 2.05) is 22.0 Å². The van der Waals surface area contributed by atoms with E-state index >= 15 is 0 Å². The summed E-state index contributed by atoms with van der Waals surface area (Å²) in [5.74, 6) is 0.198. The van der Waals surface area contributed by atoms with Gasteiger partial charge in [-0.25, -0.2) is 0 Å². The number of carbonyl (C=O) groups is 3. The Balaban J connectivity index is 2.81. The summed E-state index contributed by atoms with van der Waals surface area (Å²) in [5, 5.41) is 0. The van der Waals surface area contributed by atoms with Crippen LogP contribution in [0.3, 0.4) is 0 Å². The second kappa shape index (κ2) is 46.7. The summed E-state index contributed by atoms with van der Waals surface area (Å²) in [6.07, 6.45) is 45.1. The molecule has 0 aromatic rings. The molecule has 388 valence electrons. The van der Waals surface area contributed by atoms with E-state index in [1.165, 1.54) is 193 Å². The Morgan fingerprint density at radius 1 is 0.379 bits per heavy atom. The fourth-order valence-electron chi connectivity index (χ4n) is 9.36. The molecular formula is C57H111N5O4. The van der Waals surface area contributed by atoms with Gasteiger partial charge < -0.3 is 19.4 Å². The van der Waals surface area contributed by atoms with E-state index < -0.39 is 0 Å². The largest absolute Gasteiger partial charge is 0.461 e. The fraction of sp³-hybridized carbons (Fsp3) is 0.912. The van der Waals surface area contributed by atoms with Gasteiger partial charge in [-0.15, -0.1) is 0 Å². The molecule has 1 aliphatic rings. The predicted octanol–water partition coefficient (Wildman–Crippen LogP) is 13.6. The zero-order valence-corrected chi connectivity index (χ0v) is 44.8. The van der Waals surface area contributed by atoms with Crippen LogP contribution in [0.25, 0.3) is 0 Å². The Bertz CT molecular complexity index is 1110. The smallest absolute Gasteiger partial charge is 0.306 e. The SMILES string of the molecule is CC/C=C\COC(=O)CCCN(CCCCCCCCCCC)CC(=O)N1CCN(C(=O)CN(CCCCCCCCC)CCN(CCCCCCCCC)CCCCCCCCC)CC1. The monoisotopic (exact) mass is 930 g/mol. The van der Waals surface area contributed by atoms with Crippen LogP contribution in [0, 0.1) is 0 Å². The van der Waals surface area contributed by atoms with Crippen LogP contribution in [-0.4, -0.2) is 134 Å². The van der Waals surface area contributed by atoms with Crippen LogP contribution in [0.2, 0.25) is 0 Å². The Morgan fingerprint density at radius 2 is 0.682 bits per heavy atom. The third-order valence-electron chi connectivity index (χ3n) is 13.8. The molecule has 1 heterocycles. The average molecular weight is 931 g/mol. The lowest BCUT2D eigenvalue weighted by atomic mass is 10.1. The predicted molar refractivity (Wildman–Crippen MR) is 283 cm³/mol. The minimum atomic E-state index is -0.170. The second-order valence-corrected chi connectivity index (χ2v) is 20.0. The summed E-state index contributed by atoms with van der Waals surface area (Å²) in [6.45, 7) is 21.7. The highest BCUT2D eigenvalue weighted by Crippen LogP contribution is 2.15. The third kappa shape index (κ3) is 37.0. The first kappa shape index (κ1) is 62.0. The van der Waals surface area contributed by atoms with E-state index in [0.717, 1.165) is 45.4 Å². The van der Waals surface area contributed by atoms with Crippen LogP contribution in [0.4, 0.5) is 0 Å². The standard InChI is InChI=1S/C57H111N5O4/c1-6-11-16-20-24-25-29-33-36-43-59(45-39-40-57(65)66-52-38-15-10-5)53-55(63)61-48-50-62(51-49-61)56(64)54-60(44-37-32-28-23-19-14-9-4)47-46-58(41-34-30-26-21-17-12-7-2)42-35-31-27-22-18-13-8-3/h15,38H,6-14,16-37,39-54H2,1-5H3/b38-15-. The lowest BCUT2D eigenvalue weighted by molar-refractivity contribution is -0.142. The molecule has 1 aliphatic heterocycles. The van der Waals surface area contributed by atoms with Gasteiger partial charge in [0.05, 0.1) is 13.1 Å². The van der Waals surface area contributed by atoms with Crippen molar-refractivity contribution in [2.75, 3.05) is 91.7 Å². The Kier molecular flexibility index (Phi) is 43.9. The molecule has 0 aromatic carbocycles. The van der Waals surface area contributed by atoms with Crippen molar-refractivity contribution in [3.8, 4) is 0 Å². The van der Waals surface area contributed by atoms with Gasteiger partial charge in [-0.2, -0.15) is 0 Å². The summed E-state index contributed by atoms with van der Waals surface area (Å²) in [7, 11) is 0. The first-order chi connectivity index (χ1) is 32.4. The molecule has 9 heteroatoms. The highest BCUT2D eigenvalue weighted by molar-refractivity contribution is 5.80. The van der Waals surface area contributed by atoms with Crippen LogP contribution >= 0.6 is 0 Å². The van der Waals surface area contributed by atoms with Crippen molar-refractivity contribution in [1.82, 2.24) is 24.5 Å². The number of esters is 1. The number of hydrogen-bond donors (Lipinski definition) is 0. The van der Waals surface area contributed by atoms with Gasteiger partial charge in [-0.1, -0.05) is 214 Å². The number of unbranched alkanes of at least 4 members (excludes halogenated alkanes) is 26. The molecule has 0 unspecified atom stereocenters. The van der Waals surface area contributed by atoms with Crippen LogP contribution in [0.1, 0.15) is 247 Å². The lowest BCUT2D eigenvalue weighted by Crippen LogP contribution is -2.54. The van der Waals surface area contributed by atoms with Crippen molar-refractivity contribution in [3.05, 3.63) is 12.2 Å². The highest BCUT2D eigenvalue weighted by atomic mass is 16.5. The zero-order chi connectivity index (χ0) is 48.0. The molecule has 0 bridgehead atoms. The van der Waals surface area contributed by atoms with Crippen molar-refractivity contribution in [2.24, 2.45) is 0 Å². The van der Waals surface area contributed by atoms with E-state index in [9.17, 15) is 14.4 Å². The van der Waals surface area contributed by atoms with Gasteiger partial charge >= 0.3 is 5.97 Å². The molecule has 1 fully saturated rings. The van der Waals surface area contributed by atoms with Gasteiger partial charge in [0.2, 0.25) is 11.8 Å². The maximum Gasteiger partial charge on any atom is 0.306 e. The number of rotatable bonds is 48. The molecule has 0 saturated carbocycles. The number of nitrogens with zero attached hydrogens (tertiary/aromatic N) is 5. The molecule has 1 rings (SSSR count). The number of carbonyl (C=O) groups excluding carboxylic acids is 3. The molecule has 9 nitrogen and oxygen atoms in total. The van der Waals surface area contributed by atoms with Crippen molar-refractivity contribution < 1.29 is 19.1 Å². The molecule has 1 saturated heterocycles. The Hall–Kier alpha value is -1.97. The van der Waals surface area contributed by atoms with Crippen molar-refractivity contribution >= 4 is 17.8 Å². The Morgan fingerprint density at radius 3 is 1.05 bits per heavy atom. The van der Waals surface area contributed by atoms with Gasteiger partial charge in [-0.05, 0) is 71.2 Å². The minimum absolute atomic E-state index is 0.146. The number of hydrogen-bond acceptors (Lipinski definition) is 7. The number of allylic oxidation sites excluding steroid dienone is 1.